The van der Waals surface area contributed by atoms with Crippen LogP contribution in [0.15, 0.2) is 119 Å². The summed E-state index contributed by atoms with van der Waals surface area (Å²) in [5.74, 6) is -0.951. The standard InChI is InChI=1S/C20H17F4N3O3S.C18H13F4N3O2S/c1-30-12-26-10-14-11-27(19(18(14)25-26)13-2-6-16(21)7-3-13)31(28,29)17-8-4-15(5-9-17)20(22,23)24;19-14-5-1-11(2-6-14)17-16-12(9-23-24-16)10-25(17)28(26,27)15-7-3-13(4-8-15)18(20,21)22/h2-10,19H,11-12H2,1H3;1-9,17H,10H2,(H,23,24). The van der Waals surface area contributed by atoms with Crippen LogP contribution in [0.3, 0.4) is 0 Å². The fourth-order valence-corrected chi connectivity index (χ4v) is 9.93. The molecule has 11 nitrogen and oxygen atoms in total. The van der Waals surface area contributed by atoms with E-state index in [9.17, 15) is 52.0 Å². The van der Waals surface area contributed by atoms with Crippen LogP contribution in [0.2, 0.25) is 0 Å². The van der Waals surface area contributed by atoms with Crippen molar-refractivity contribution in [2.75, 3.05) is 7.11 Å². The quantitative estimate of drug-likeness (QED) is 0.155. The Morgan fingerprint density at radius 3 is 1.56 bits per heavy atom. The molecule has 0 saturated carbocycles. The summed E-state index contributed by atoms with van der Waals surface area (Å²) in [5.41, 5.74) is 1.39. The van der Waals surface area contributed by atoms with Gasteiger partial charge in [-0.05, 0) is 83.9 Å². The predicted octanol–water partition coefficient (Wildman–Crippen LogP) is 7.80. The Bertz CT molecular complexity index is 2670. The van der Waals surface area contributed by atoms with Crippen molar-refractivity contribution in [3.05, 3.63) is 166 Å². The number of aromatic amines is 1. The first kappa shape index (κ1) is 41.7. The number of hydrogen-bond donors (Lipinski definition) is 1. The molecule has 2 aliphatic rings. The third-order valence-electron chi connectivity index (χ3n) is 9.59. The highest BCUT2D eigenvalue weighted by atomic mass is 32.2. The van der Waals surface area contributed by atoms with Crippen LogP contribution in [0.4, 0.5) is 35.1 Å². The molecule has 8 rings (SSSR count). The van der Waals surface area contributed by atoms with Gasteiger partial charge in [-0.3, -0.25) is 5.10 Å². The Hall–Kier alpha value is -5.48. The summed E-state index contributed by atoms with van der Waals surface area (Å²) in [7, 11) is -6.81. The van der Waals surface area contributed by atoms with Crippen LogP contribution < -0.4 is 0 Å². The fraction of sp³-hybridized carbons (Fsp3) is 0.211. The summed E-state index contributed by atoms with van der Waals surface area (Å²) >= 11 is 0. The normalized spacial score (nSPS) is 17.4. The van der Waals surface area contributed by atoms with E-state index in [2.05, 4.69) is 15.3 Å². The maximum absolute atomic E-state index is 13.4. The zero-order valence-electron chi connectivity index (χ0n) is 30.3. The van der Waals surface area contributed by atoms with Crippen LogP contribution in [0, 0.1) is 11.6 Å². The Kier molecular flexibility index (Phi) is 11.0. The second kappa shape index (κ2) is 15.6. The minimum absolute atomic E-state index is 0.00275. The third-order valence-corrected chi connectivity index (χ3v) is 13.2. The Labute approximate surface area is 331 Å². The number of halogens is 8. The van der Waals surface area contributed by atoms with Gasteiger partial charge in [0, 0.05) is 37.5 Å². The van der Waals surface area contributed by atoms with Gasteiger partial charge in [0.25, 0.3) is 0 Å². The highest BCUT2D eigenvalue weighted by molar-refractivity contribution is 7.89. The number of aromatic nitrogens is 4. The van der Waals surface area contributed by atoms with E-state index in [-0.39, 0.29) is 29.6 Å². The maximum Gasteiger partial charge on any atom is 0.416 e. The van der Waals surface area contributed by atoms with Crippen LogP contribution >= 0.6 is 0 Å². The minimum atomic E-state index is -4.58. The van der Waals surface area contributed by atoms with Crippen LogP contribution in [0.5, 0.6) is 0 Å². The number of nitrogens with one attached hydrogen (secondary N) is 1. The highest BCUT2D eigenvalue weighted by Crippen LogP contribution is 2.43. The van der Waals surface area contributed by atoms with E-state index in [4.69, 9.17) is 4.74 Å². The number of sulfonamides is 2. The first-order valence-electron chi connectivity index (χ1n) is 17.3. The van der Waals surface area contributed by atoms with Crippen molar-refractivity contribution in [3.63, 3.8) is 0 Å². The number of benzene rings is 4. The van der Waals surface area contributed by atoms with E-state index < -0.39 is 67.2 Å². The van der Waals surface area contributed by atoms with Gasteiger partial charge < -0.3 is 4.74 Å². The predicted molar refractivity (Wildman–Crippen MR) is 193 cm³/mol. The zero-order chi connectivity index (χ0) is 42.5. The number of hydrogen-bond acceptors (Lipinski definition) is 7. The molecule has 1 N–H and O–H groups in total. The van der Waals surface area contributed by atoms with Gasteiger partial charge in [-0.1, -0.05) is 24.3 Å². The Morgan fingerprint density at radius 2 is 1.10 bits per heavy atom. The zero-order valence-corrected chi connectivity index (χ0v) is 31.9. The molecule has 0 aliphatic carbocycles. The number of nitrogens with zero attached hydrogens (tertiary/aromatic N) is 5. The molecule has 4 heterocycles. The van der Waals surface area contributed by atoms with E-state index in [0.29, 0.717) is 33.6 Å². The van der Waals surface area contributed by atoms with Gasteiger partial charge in [0.1, 0.15) is 18.4 Å². The summed E-state index contributed by atoms with van der Waals surface area (Å²) in [4.78, 5) is -0.534. The Morgan fingerprint density at radius 1 is 0.661 bits per heavy atom. The number of alkyl halides is 6. The molecule has 4 aromatic carbocycles. The van der Waals surface area contributed by atoms with Gasteiger partial charge in [-0.15, -0.1) is 0 Å². The lowest BCUT2D eigenvalue weighted by Crippen LogP contribution is -2.31. The SMILES string of the molecule is COCn1cc2c(n1)C(c1ccc(F)cc1)N(S(=O)(=O)c1ccc(C(F)(F)F)cc1)C2.O=S(=O)(c1ccc(C(F)(F)F)cc1)N1Cc2cn[nH]c2C1c1ccc(F)cc1. The lowest BCUT2D eigenvalue weighted by atomic mass is 10.0. The molecule has 21 heteroatoms. The molecule has 0 radical (unpaired) electrons. The maximum atomic E-state index is 13.4. The second-order valence-corrected chi connectivity index (χ2v) is 17.1. The van der Waals surface area contributed by atoms with Crippen molar-refractivity contribution in [1.29, 1.82) is 0 Å². The molecule has 0 saturated heterocycles. The number of rotatable bonds is 8. The molecular formula is C38H30F8N6O5S2. The van der Waals surface area contributed by atoms with Crippen molar-refractivity contribution in [2.45, 2.75) is 54.0 Å². The summed E-state index contributed by atoms with van der Waals surface area (Å²) in [6.45, 7) is 0.121. The average molecular weight is 867 g/mol. The molecule has 2 aromatic heterocycles. The summed E-state index contributed by atoms with van der Waals surface area (Å²) in [6.07, 6.45) is -5.99. The smallest absolute Gasteiger partial charge is 0.362 e. The summed E-state index contributed by atoms with van der Waals surface area (Å²) in [5, 5.41) is 11.1. The van der Waals surface area contributed by atoms with Crippen molar-refractivity contribution in [2.24, 2.45) is 0 Å². The summed E-state index contributed by atoms with van der Waals surface area (Å²) in [6, 6.07) is 15.7. The number of fused-ring (bicyclic) bond motifs is 2. The topological polar surface area (TPSA) is 130 Å². The van der Waals surface area contributed by atoms with Gasteiger partial charge in [-0.25, -0.2) is 30.3 Å². The molecule has 2 aliphatic heterocycles. The van der Waals surface area contributed by atoms with Gasteiger partial charge in [0.05, 0.1) is 50.6 Å². The Balaban J connectivity index is 0.000000180. The lowest BCUT2D eigenvalue weighted by molar-refractivity contribution is -0.138. The van der Waals surface area contributed by atoms with E-state index >= 15 is 0 Å². The molecular weight excluding hydrogens is 837 g/mol. The van der Waals surface area contributed by atoms with Crippen molar-refractivity contribution < 1.29 is 56.7 Å². The van der Waals surface area contributed by atoms with E-state index in [1.165, 1.54) is 66.5 Å². The van der Waals surface area contributed by atoms with E-state index in [1.54, 1.807) is 6.20 Å². The second-order valence-electron chi connectivity index (χ2n) is 13.4. The first-order chi connectivity index (χ1) is 27.8. The molecule has 0 fully saturated rings. The van der Waals surface area contributed by atoms with E-state index in [0.717, 1.165) is 57.1 Å². The average Bonchev–Trinajstić information content (AvgIpc) is 3.97. The first-order valence-corrected chi connectivity index (χ1v) is 20.1. The minimum Gasteiger partial charge on any atom is -0.362 e. The molecule has 2 unspecified atom stereocenters. The van der Waals surface area contributed by atoms with Gasteiger partial charge in [0.2, 0.25) is 20.0 Å². The third kappa shape index (κ3) is 8.24. The number of H-pyrrole nitrogens is 1. The largest absolute Gasteiger partial charge is 0.416 e. The van der Waals surface area contributed by atoms with Gasteiger partial charge in [0.15, 0.2) is 0 Å². The molecule has 59 heavy (non-hydrogen) atoms. The van der Waals surface area contributed by atoms with Crippen molar-refractivity contribution in [1.82, 2.24) is 28.6 Å². The molecule has 310 valence electrons. The fourth-order valence-electron chi connectivity index (χ4n) is 6.81. The van der Waals surface area contributed by atoms with Crippen LogP contribution in [0.1, 0.15) is 56.9 Å². The molecule has 0 spiro atoms. The van der Waals surface area contributed by atoms with Crippen molar-refractivity contribution >= 4 is 20.0 Å². The molecule has 6 aromatic rings. The number of methoxy groups -OCH3 is 1. The van der Waals surface area contributed by atoms with E-state index in [1.807, 2.05) is 0 Å². The monoisotopic (exact) mass is 866 g/mol. The molecule has 0 amide bonds. The number of ether oxygens (including phenoxy) is 1. The van der Waals surface area contributed by atoms with Crippen LogP contribution in [0.25, 0.3) is 0 Å². The van der Waals surface area contributed by atoms with Crippen LogP contribution in [-0.4, -0.2) is 52.5 Å². The van der Waals surface area contributed by atoms with Crippen LogP contribution in [-0.2, 0) is 57.0 Å². The van der Waals surface area contributed by atoms with Gasteiger partial charge >= 0.3 is 12.4 Å². The molecule has 2 atom stereocenters. The van der Waals surface area contributed by atoms with Gasteiger partial charge in [-0.2, -0.15) is 45.2 Å². The molecule has 0 bridgehead atoms. The summed E-state index contributed by atoms with van der Waals surface area (Å²) < 4.78 is 165. The highest BCUT2D eigenvalue weighted by Gasteiger charge is 2.44. The lowest BCUT2D eigenvalue weighted by Gasteiger charge is -2.25. The van der Waals surface area contributed by atoms with Crippen molar-refractivity contribution in [3.8, 4) is 0 Å².